The van der Waals surface area contributed by atoms with Crippen molar-refractivity contribution in [3.05, 3.63) is 22.8 Å². The summed E-state index contributed by atoms with van der Waals surface area (Å²) in [4.78, 5) is 6.50. The van der Waals surface area contributed by atoms with E-state index in [0.717, 1.165) is 37.3 Å². The van der Waals surface area contributed by atoms with Crippen LogP contribution in [0.3, 0.4) is 0 Å². The minimum absolute atomic E-state index is 0.0193. The summed E-state index contributed by atoms with van der Waals surface area (Å²) in [5, 5.41) is 9.60. The third kappa shape index (κ3) is 3.35. The first kappa shape index (κ1) is 13.3. The quantitative estimate of drug-likeness (QED) is 0.834. The molecule has 3 nitrogen and oxygen atoms in total. The lowest BCUT2D eigenvalue weighted by Gasteiger charge is -2.23. The van der Waals surface area contributed by atoms with E-state index in [1.165, 1.54) is 0 Å². The lowest BCUT2D eigenvalue weighted by molar-refractivity contribution is 0.281. The maximum atomic E-state index is 8.99. The van der Waals surface area contributed by atoms with Crippen molar-refractivity contribution in [1.29, 1.82) is 0 Å². The number of aliphatic hydroxyl groups excluding tert-OH is 1. The van der Waals surface area contributed by atoms with E-state index in [2.05, 4.69) is 23.7 Å². The minimum atomic E-state index is -0.0193. The average Bonchev–Trinajstić information content (AvgIpc) is 2.29. The van der Waals surface area contributed by atoms with Crippen molar-refractivity contribution in [3.63, 3.8) is 0 Å². The molecule has 1 aromatic heterocycles. The summed E-state index contributed by atoms with van der Waals surface area (Å²) in [7, 11) is 0. The summed E-state index contributed by atoms with van der Waals surface area (Å²) in [6.45, 7) is 6.17. The number of hydrogen-bond acceptors (Lipinski definition) is 3. The van der Waals surface area contributed by atoms with Crippen molar-refractivity contribution < 1.29 is 5.11 Å². The van der Waals surface area contributed by atoms with Crippen LogP contribution in [-0.2, 0) is 6.61 Å². The van der Waals surface area contributed by atoms with Crippen molar-refractivity contribution in [1.82, 2.24) is 4.98 Å². The molecular weight excluding hydrogens is 224 g/mol. The summed E-state index contributed by atoms with van der Waals surface area (Å²) in [5.41, 5.74) is 0.752. The number of halogens is 1. The predicted octanol–water partition coefficient (Wildman–Crippen LogP) is 2.85. The normalized spacial score (nSPS) is 10.5. The number of anilines is 1. The lowest BCUT2D eigenvalue weighted by Crippen LogP contribution is -2.26. The van der Waals surface area contributed by atoms with Gasteiger partial charge in [-0.3, -0.25) is 0 Å². The van der Waals surface area contributed by atoms with Gasteiger partial charge in [-0.2, -0.15) is 0 Å². The van der Waals surface area contributed by atoms with E-state index in [1.807, 2.05) is 0 Å². The molecule has 16 heavy (non-hydrogen) atoms. The van der Waals surface area contributed by atoms with Gasteiger partial charge in [-0.1, -0.05) is 25.4 Å². The highest BCUT2D eigenvalue weighted by Gasteiger charge is 2.10. The summed E-state index contributed by atoms with van der Waals surface area (Å²) in [5.74, 6) is 0.822. The highest BCUT2D eigenvalue weighted by molar-refractivity contribution is 6.33. The van der Waals surface area contributed by atoms with Crippen LogP contribution in [0.15, 0.2) is 12.3 Å². The largest absolute Gasteiger partial charge is 0.392 e. The fraction of sp³-hybridized carbons (Fsp3) is 0.583. The van der Waals surface area contributed by atoms with Crippen molar-refractivity contribution >= 4 is 17.4 Å². The van der Waals surface area contributed by atoms with Crippen LogP contribution in [0.5, 0.6) is 0 Å². The van der Waals surface area contributed by atoms with Gasteiger partial charge in [0.25, 0.3) is 0 Å². The van der Waals surface area contributed by atoms with Crippen LogP contribution in [0.1, 0.15) is 32.3 Å². The Balaban J connectivity index is 2.90. The fourth-order valence-corrected chi connectivity index (χ4v) is 1.96. The number of aromatic nitrogens is 1. The van der Waals surface area contributed by atoms with Gasteiger partial charge in [-0.25, -0.2) is 4.98 Å². The van der Waals surface area contributed by atoms with Crippen molar-refractivity contribution in [2.75, 3.05) is 18.0 Å². The smallest absolute Gasteiger partial charge is 0.147 e. The number of rotatable bonds is 6. The Morgan fingerprint density at radius 1 is 1.31 bits per heavy atom. The summed E-state index contributed by atoms with van der Waals surface area (Å²) < 4.78 is 0. The molecule has 0 bridgehead atoms. The molecule has 0 unspecified atom stereocenters. The topological polar surface area (TPSA) is 36.4 Å². The number of hydrogen-bond donors (Lipinski definition) is 1. The van der Waals surface area contributed by atoms with Gasteiger partial charge >= 0.3 is 0 Å². The van der Waals surface area contributed by atoms with Gasteiger partial charge < -0.3 is 10.0 Å². The molecule has 0 aliphatic carbocycles. The Morgan fingerprint density at radius 3 is 2.38 bits per heavy atom. The molecule has 1 aromatic rings. The van der Waals surface area contributed by atoms with E-state index >= 15 is 0 Å². The van der Waals surface area contributed by atoms with Gasteiger partial charge in [-0.15, -0.1) is 0 Å². The zero-order valence-electron chi connectivity index (χ0n) is 9.91. The van der Waals surface area contributed by atoms with Gasteiger partial charge in [0.05, 0.1) is 11.6 Å². The maximum absolute atomic E-state index is 8.99. The molecule has 4 heteroatoms. The second-order valence-electron chi connectivity index (χ2n) is 3.79. The van der Waals surface area contributed by atoms with Crippen LogP contribution in [0.25, 0.3) is 0 Å². The van der Waals surface area contributed by atoms with Crippen molar-refractivity contribution in [2.24, 2.45) is 0 Å². The van der Waals surface area contributed by atoms with Crippen molar-refractivity contribution in [3.8, 4) is 0 Å². The predicted molar refractivity (Wildman–Crippen MR) is 68.0 cm³/mol. The summed E-state index contributed by atoms with van der Waals surface area (Å²) in [6.07, 6.45) is 3.82. The van der Waals surface area contributed by atoms with E-state index in [4.69, 9.17) is 16.7 Å². The van der Waals surface area contributed by atoms with Crippen molar-refractivity contribution in [2.45, 2.75) is 33.3 Å². The zero-order chi connectivity index (χ0) is 12.0. The Morgan fingerprint density at radius 2 is 1.94 bits per heavy atom. The summed E-state index contributed by atoms with van der Waals surface area (Å²) >= 11 is 6.16. The van der Waals surface area contributed by atoms with Gasteiger partial charge in [0, 0.05) is 19.3 Å². The molecule has 0 atom stereocenters. The highest BCUT2D eigenvalue weighted by Crippen LogP contribution is 2.24. The molecule has 0 spiro atoms. The fourth-order valence-electron chi connectivity index (χ4n) is 1.65. The van der Waals surface area contributed by atoms with E-state index in [-0.39, 0.29) is 6.61 Å². The zero-order valence-corrected chi connectivity index (χ0v) is 10.7. The van der Waals surface area contributed by atoms with E-state index in [9.17, 15) is 0 Å². The van der Waals surface area contributed by atoms with Gasteiger partial charge in [0.2, 0.25) is 0 Å². The van der Waals surface area contributed by atoms with E-state index in [1.54, 1.807) is 12.3 Å². The molecule has 90 valence electrons. The van der Waals surface area contributed by atoms with E-state index < -0.39 is 0 Å². The van der Waals surface area contributed by atoms with Crippen LogP contribution in [0.4, 0.5) is 5.82 Å². The first-order chi connectivity index (χ1) is 7.72. The first-order valence-corrected chi connectivity index (χ1v) is 6.10. The third-order valence-electron chi connectivity index (χ3n) is 2.35. The van der Waals surface area contributed by atoms with Crippen LogP contribution in [0, 0.1) is 0 Å². The first-order valence-electron chi connectivity index (χ1n) is 5.73. The monoisotopic (exact) mass is 242 g/mol. The second-order valence-corrected chi connectivity index (χ2v) is 4.20. The number of aliphatic hydroxyl groups is 1. The Kier molecular flexibility index (Phi) is 5.56. The Hall–Kier alpha value is -0.800. The van der Waals surface area contributed by atoms with Gasteiger partial charge in [0.1, 0.15) is 5.82 Å². The van der Waals surface area contributed by atoms with Crippen LogP contribution in [-0.4, -0.2) is 23.2 Å². The van der Waals surface area contributed by atoms with Gasteiger partial charge in [-0.05, 0) is 24.5 Å². The molecule has 0 saturated heterocycles. The maximum Gasteiger partial charge on any atom is 0.147 e. The molecule has 0 saturated carbocycles. The molecular formula is C12H19ClN2O. The molecule has 1 N–H and O–H groups in total. The SMILES string of the molecule is CCCN(CCC)c1ncc(CO)cc1Cl. The van der Waals surface area contributed by atoms with Crippen LogP contribution >= 0.6 is 11.6 Å². The number of pyridine rings is 1. The Bertz CT molecular complexity index is 325. The highest BCUT2D eigenvalue weighted by atomic mass is 35.5. The molecule has 1 heterocycles. The molecule has 1 rings (SSSR count). The number of nitrogens with zero attached hydrogens (tertiary/aromatic N) is 2. The molecule has 0 aromatic carbocycles. The standard InChI is InChI=1S/C12H19ClN2O/c1-3-5-15(6-4-2)12-11(13)7-10(9-16)8-14-12/h7-8,16H,3-6,9H2,1-2H3. The molecule has 0 aliphatic heterocycles. The Labute approximate surface area is 102 Å². The molecule has 0 fully saturated rings. The molecule has 0 amide bonds. The van der Waals surface area contributed by atoms with Crippen LogP contribution in [0.2, 0.25) is 5.02 Å². The third-order valence-corrected chi connectivity index (χ3v) is 2.63. The lowest BCUT2D eigenvalue weighted by atomic mass is 10.2. The van der Waals surface area contributed by atoms with E-state index in [0.29, 0.717) is 5.02 Å². The second kappa shape index (κ2) is 6.71. The minimum Gasteiger partial charge on any atom is -0.392 e. The van der Waals surface area contributed by atoms with Crippen LogP contribution < -0.4 is 4.90 Å². The average molecular weight is 243 g/mol. The molecule has 0 radical (unpaired) electrons. The molecule has 0 aliphatic rings. The van der Waals surface area contributed by atoms with Gasteiger partial charge in [0.15, 0.2) is 0 Å². The summed E-state index contributed by atoms with van der Waals surface area (Å²) in [6, 6.07) is 1.78.